The van der Waals surface area contributed by atoms with Crippen molar-refractivity contribution in [3.05, 3.63) is 70.0 Å². The normalized spacial score (nSPS) is 21.1. The molecule has 8 nitrogen and oxygen atoms in total. The molecule has 0 aliphatic carbocycles. The summed E-state index contributed by atoms with van der Waals surface area (Å²) in [5.41, 5.74) is -2.47. The molecule has 2 atom stereocenters. The average Bonchev–Trinajstić information content (AvgIpc) is 3.07. The minimum absolute atomic E-state index is 0.0934. The highest BCUT2D eigenvalue weighted by molar-refractivity contribution is 6.30. The van der Waals surface area contributed by atoms with E-state index in [2.05, 4.69) is 5.32 Å². The topological polar surface area (TPSA) is 90.0 Å². The van der Waals surface area contributed by atoms with E-state index in [9.17, 15) is 36.7 Å². The highest BCUT2D eigenvalue weighted by Crippen LogP contribution is 2.41. The minimum Gasteiger partial charge on any atom is -0.343 e. The van der Waals surface area contributed by atoms with Crippen LogP contribution in [-0.2, 0) is 22.3 Å². The van der Waals surface area contributed by atoms with Crippen molar-refractivity contribution in [2.24, 2.45) is 0 Å². The van der Waals surface area contributed by atoms with Crippen molar-refractivity contribution in [1.82, 2.24) is 20.0 Å². The van der Waals surface area contributed by atoms with Crippen LogP contribution in [0.1, 0.15) is 54.1 Å². The number of carbonyl (C=O) groups is 4. The summed E-state index contributed by atoms with van der Waals surface area (Å²) in [6.07, 6.45) is -3.31. The van der Waals surface area contributed by atoms with Crippen molar-refractivity contribution in [3.63, 3.8) is 0 Å². The van der Waals surface area contributed by atoms with Crippen molar-refractivity contribution in [1.29, 1.82) is 0 Å². The van der Waals surface area contributed by atoms with E-state index in [0.717, 1.165) is 10.5 Å². The first-order chi connectivity index (χ1) is 19.3. The molecule has 2 saturated heterocycles. The van der Waals surface area contributed by atoms with Crippen LogP contribution in [0.5, 0.6) is 0 Å². The van der Waals surface area contributed by atoms with Crippen LogP contribution in [0.25, 0.3) is 0 Å². The number of alkyl halides is 3. The lowest BCUT2D eigenvalue weighted by Gasteiger charge is -2.47. The number of hydrogen-bond acceptors (Lipinski definition) is 4. The van der Waals surface area contributed by atoms with Gasteiger partial charge in [-0.1, -0.05) is 37.1 Å². The Morgan fingerprint density at radius 2 is 1.88 bits per heavy atom. The van der Waals surface area contributed by atoms with Gasteiger partial charge < -0.3 is 15.1 Å². The predicted molar refractivity (Wildman–Crippen MR) is 141 cm³/mol. The summed E-state index contributed by atoms with van der Waals surface area (Å²) in [7, 11) is 1.42. The molecule has 41 heavy (non-hydrogen) atoms. The average molecular weight is 597 g/mol. The van der Waals surface area contributed by atoms with Crippen molar-refractivity contribution in [2.45, 2.75) is 56.9 Å². The molecule has 0 radical (unpaired) electrons. The second-order valence-corrected chi connectivity index (χ2v) is 10.7. The number of rotatable bonds is 7. The van der Waals surface area contributed by atoms with Crippen LogP contribution < -0.4 is 5.32 Å². The lowest BCUT2D eigenvalue weighted by molar-refractivity contribution is -0.143. The van der Waals surface area contributed by atoms with Gasteiger partial charge in [0, 0.05) is 37.6 Å². The van der Waals surface area contributed by atoms with E-state index in [1.807, 2.05) is 6.92 Å². The molecule has 4 rings (SSSR count). The van der Waals surface area contributed by atoms with Crippen molar-refractivity contribution in [2.75, 3.05) is 20.1 Å². The fourth-order valence-corrected chi connectivity index (χ4v) is 5.81. The second-order valence-electron chi connectivity index (χ2n) is 10.3. The Bertz CT molecular complexity index is 1370. The van der Waals surface area contributed by atoms with Crippen molar-refractivity contribution in [3.8, 4) is 0 Å². The monoisotopic (exact) mass is 596 g/mol. The zero-order chi connectivity index (χ0) is 30.1. The van der Waals surface area contributed by atoms with E-state index in [1.54, 1.807) is 24.3 Å². The summed E-state index contributed by atoms with van der Waals surface area (Å²) >= 11 is 6.12. The Morgan fingerprint density at radius 3 is 2.54 bits per heavy atom. The predicted octanol–water partition coefficient (Wildman–Crippen LogP) is 4.85. The van der Waals surface area contributed by atoms with Crippen LogP contribution in [0.3, 0.4) is 0 Å². The smallest absolute Gasteiger partial charge is 0.343 e. The third-order valence-electron chi connectivity index (χ3n) is 7.63. The standard InChI is InChI=1S/C28H29ClF4N4O4/c1-3-5-20-14-27(25(40)35(2)26(41)37(27)16-17-6-4-7-19(29)12-17)10-11-36(20)23(38)15-34-24(39)21-13-18(28(31,32)33)8-9-22(21)30/h4,6-9,12-13,20H,3,5,10-11,14-16H2,1-2H3,(H,34,39). The number of hydrogen-bond donors (Lipinski definition) is 1. The largest absolute Gasteiger partial charge is 0.416 e. The van der Waals surface area contributed by atoms with E-state index in [4.69, 9.17) is 11.6 Å². The number of benzene rings is 2. The number of piperidine rings is 1. The van der Waals surface area contributed by atoms with Gasteiger partial charge in [0.05, 0.1) is 17.7 Å². The first kappa shape index (κ1) is 30.3. The van der Waals surface area contributed by atoms with Gasteiger partial charge in [-0.25, -0.2) is 9.18 Å². The molecule has 5 amide bonds. The van der Waals surface area contributed by atoms with Crippen LogP contribution in [0.4, 0.5) is 22.4 Å². The highest BCUT2D eigenvalue weighted by atomic mass is 35.5. The number of halogens is 5. The van der Waals surface area contributed by atoms with Gasteiger partial charge in [-0.3, -0.25) is 19.3 Å². The molecule has 0 bridgehead atoms. The number of nitrogens with one attached hydrogen (secondary N) is 1. The second kappa shape index (κ2) is 11.7. The molecule has 1 N–H and O–H groups in total. The van der Waals surface area contributed by atoms with Gasteiger partial charge in [0.1, 0.15) is 11.4 Å². The molecular weight excluding hydrogens is 568 g/mol. The molecule has 2 heterocycles. The summed E-state index contributed by atoms with van der Waals surface area (Å²) in [4.78, 5) is 56.4. The number of urea groups is 1. The number of amides is 5. The van der Waals surface area contributed by atoms with Crippen LogP contribution in [-0.4, -0.2) is 70.2 Å². The SMILES string of the molecule is CCCC1CC2(CCN1C(=O)CNC(=O)c1cc(C(F)(F)F)ccc1F)C(=O)N(C)C(=O)N2Cc1cccc(Cl)c1. The molecular formula is C28H29ClF4N4O4. The zero-order valence-electron chi connectivity index (χ0n) is 22.4. The molecule has 2 aliphatic heterocycles. The van der Waals surface area contributed by atoms with E-state index in [0.29, 0.717) is 36.1 Å². The molecule has 13 heteroatoms. The van der Waals surface area contributed by atoms with Gasteiger partial charge in [-0.05, 0) is 48.7 Å². The lowest BCUT2D eigenvalue weighted by atomic mass is 9.80. The Morgan fingerprint density at radius 1 is 1.15 bits per heavy atom. The summed E-state index contributed by atoms with van der Waals surface area (Å²) in [5, 5.41) is 2.70. The summed E-state index contributed by atoms with van der Waals surface area (Å²) < 4.78 is 53.2. The number of likely N-dealkylation sites (tertiary alicyclic amines) is 1. The molecule has 0 aromatic heterocycles. The number of carbonyl (C=O) groups excluding carboxylic acids is 4. The van der Waals surface area contributed by atoms with Crippen molar-refractivity contribution < 1.29 is 36.7 Å². The maximum Gasteiger partial charge on any atom is 0.416 e. The van der Waals surface area contributed by atoms with Gasteiger partial charge in [-0.2, -0.15) is 13.2 Å². The molecule has 1 spiro atoms. The van der Waals surface area contributed by atoms with Crippen molar-refractivity contribution >= 4 is 35.4 Å². The van der Waals surface area contributed by atoms with E-state index < -0.39 is 59.1 Å². The van der Waals surface area contributed by atoms with Gasteiger partial charge >= 0.3 is 12.2 Å². The molecule has 2 aromatic carbocycles. The molecule has 2 unspecified atom stereocenters. The molecule has 2 aromatic rings. The number of imide groups is 1. The number of likely N-dealkylation sites (N-methyl/N-ethyl adjacent to an activating group) is 1. The minimum atomic E-state index is -4.77. The molecule has 220 valence electrons. The van der Waals surface area contributed by atoms with Gasteiger partial charge in [0.2, 0.25) is 5.91 Å². The lowest BCUT2D eigenvalue weighted by Crippen LogP contribution is -2.61. The zero-order valence-corrected chi connectivity index (χ0v) is 23.2. The Balaban J connectivity index is 1.51. The van der Waals surface area contributed by atoms with Crippen LogP contribution in [0.15, 0.2) is 42.5 Å². The Kier molecular flexibility index (Phi) is 8.62. The fourth-order valence-electron chi connectivity index (χ4n) is 5.59. The van der Waals surface area contributed by atoms with Crippen LogP contribution in [0, 0.1) is 5.82 Å². The summed E-state index contributed by atoms with van der Waals surface area (Å²) in [5.74, 6) is -3.22. The van der Waals surface area contributed by atoms with Gasteiger partial charge in [-0.15, -0.1) is 0 Å². The first-order valence-electron chi connectivity index (χ1n) is 13.1. The van der Waals surface area contributed by atoms with Crippen LogP contribution >= 0.6 is 11.6 Å². The first-order valence-corrected chi connectivity index (χ1v) is 13.4. The maximum absolute atomic E-state index is 14.1. The van der Waals surface area contributed by atoms with Crippen LogP contribution in [0.2, 0.25) is 5.02 Å². The molecule has 0 saturated carbocycles. The van der Waals surface area contributed by atoms with Gasteiger partial charge in [0.25, 0.3) is 11.8 Å². The fraction of sp³-hybridized carbons (Fsp3) is 0.429. The third kappa shape index (κ3) is 6.02. The molecule has 2 aliphatic rings. The number of nitrogens with zero attached hydrogens (tertiary/aromatic N) is 3. The summed E-state index contributed by atoms with van der Waals surface area (Å²) in [6.45, 7) is 1.55. The van der Waals surface area contributed by atoms with Gasteiger partial charge in [0.15, 0.2) is 0 Å². The van der Waals surface area contributed by atoms with E-state index in [-0.39, 0.29) is 31.8 Å². The van der Waals surface area contributed by atoms with E-state index >= 15 is 0 Å². The molecule has 2 fully saturated rings. The Hall–Kier alpha value is -3.67. The Labute approximate surface area is 239 Å². The third-order valence-corrected chi connectivity index (χ3v) is 7.86. The quantitative estimate of drug-likeness (QED) is 0.365. The maximum atomic E-state index is 14.1. The highest BCUT2D eigenvalue weighted by Gasteiger charge is 2.58. The summed E-state index contributed by atoms with van der Waals surface area (Å²) in [6, 6.07) is 7.51. The van der Waals surface area contributed by atoms with E-state index in [1.165, 1.54) is 16.8 Å².